The lowest BCUT2D eigenvalue weighted by Crippen LogP contribution is -2.58. The zero-order chi connectivity index (χ0) is 41.3. The second kappa shape index (κ2) is 17.5. The SMILES string of the molecule is Cc1ncsc1-c1ccc(CNC(=O)[C@@H]2C[C@@H](O)CN2C(=O)[C@@H](NC(=O)C2CCC(Cc3ccc(-c4cnc(N5C6CCC5CNC6)nc4)cc3)CC2)C(C)(C)C)cc1. The van der Waals surface area contributed by atoms with Crippen molar-refractivity contribution in [2.45, 2.75) is 116 Å². The summed E-state index contributed by atoms with van der Waals surface area (Å²) < 4.78 is 0. The molecule has 4 aromatic rings. The number of aliphatic hydroxyl groups excluding tert-OH is 1. The number of aryl methyl sites for hydroxylation is 1. The number of fused-ring (bicyclic) bond motifs is 2. The van der Waals surface area contributed by atoms with E-state index in [4.69, 9.17) is 9.97 Å². The molecule has 12 nitrogen and oxygen atoms in total. The van der Waals surface area contributed by atoms with Gasteiger partial charge in [-0.05, 0) is 85.5 Å². The van der Waals surface area contributed by atoms with Crippen molar-refractivity contribution in [2.75, 3.05) is 24.5 Å². The smallest absolute Gasteiger partial charge is 0.246 e. The highest BCUT2D eigenvalue weighted by Crippen LogP contribution is 2.34. The molecule has 1 aliphatic carbocycles. The average Bonchev–Trinajstić information content (AvgIpc) is 3.92. The predicted octanol–water partition coefficient (Wildman–Crippen LogP) is 5.67. The highest BCUT2D eigenvalue weighted by molar-refractivity contribution is 7.13. The van der Waals surface area contributed by atoms with Gasteiger partial charge in [0, 0.05) is 68.6 Å². The van der Waals surface area contributed by atoms with Gasteiger partial charge in [-0.1, -0.05) is 69.3 Å². The number of hydrogen-bond donors (Lipinski definition) is 4. The number of likely N-dealkylation sites (tertiary alicyclic amines) is 1. The first-order valence-electron chi connectivity index (χ1n) is 21.4. The van der Waals surface area contributed by atoms with Gasteiger partial charge in [0.25, 0.3) is 0 Å². The van der Waals surface area contributed by atoms with Gasteiger partial charge >= 0.3 is 0 Å². The standard InChI is InChI=1S/C46H58N8O4S/c1-28-40(59-27-51-28)33-13-9-31(10-14-33)21-48-43(57)39-20-38(55)26-53(39)44(58)41(46(2,3)4)52-42(56)34-15-7-30(8-16-34)19-29-5-11-32(12-6-29)35-22-49-45(50-23-35)54-36-17-18-37(54)25-47-24-36/h5-6,9-14,22-23,27,30,34,36-39,41,47,55H,7-8,15-21,24-26H2,1-4H3,(H,48,57)(H,52,56)/t30?,34?,36?,37?,38-,39+,41-/m1/s1. The molecule has 0 radical (unpaired) electrons. The van der Waals surface area contributed by atoms with Crippen LogP contribution >= 0.6 is 11.3 Å². The predicted molar refractivity (Wildman–Crippen MR) is 230 cm³/mol. The number of amides is 3. The Bertz CT molecular complexity index is 2080. The number of piperazine rings is 1. The maximum atomic E-state index is 14.2. The van der Waals surface area contributed by atoms with Crippen molar-refractivity contribution in [1.82, 2.24) is 35.8 Å². The van der Waals surface area contributed by atoms with E-state index in [2.05, 4.69) is 50.1 Å². The van der Waals surface area contributed by atoms with Crippen LogP contribution in [-0.2, 0) is 27.3 Å². The van der Waals surface area contributed by atoms with E-state index >= 15 is 0 Å². The van der Waals surface area contributed by atoms with Crippen molar-refractivity contribution in [1.29, 1.82) is 0 Å². The van der Waals surface area contributed by atoms with E-state index in [1.54, 1.807) is 11.3 Å². The normalized spacial score (nSPS) is 24.8. The molecule has 1 saturated carbocycles. The Hall–Kier alpha value is -4.72. The number of thiazole rings is 1. The van der Waals surface area contributed by atoms with Crippen LogP contribution in [0.25, 0.3) is 21.6 Å². The van der Waals surface area contributed by atoms with E-state index < -0.39 is 23.6 Å². The number of carbonyl (C=O) groups excluding carboxylic acids is 3. The van der Waals surface area contributed by atoms with E-state index in [9.17, 15) is 19.5 Å². The number of nitrogens with one attached hydrogen (secondary N) is 3. The Balaban J connectivity index is 0.820. The molecule has 3 saturated heterocycles. The van der Waals surface area contributed by atoms with Crippen molar-refractivity contribution in [3.8, 4) is 21.6 Å². The summed E-state index contributed by atoms with van der Waals surface area (Å²) in [5, 5.41) is 20.3. The number of aromatic nitrogens is 3. The Morgan fingerprint density at radius 2 is 1.49 bits per heavy atom. The Labute approximate surface area is 351 Å². The van der Waals surface area contributed by atoms with Gasteiger partial charge in [0.1, 0.15) is 12.1 Å². The molecule has 5 heterocycles. The number of anilines is 1. The highest BCUT2D eigenvalue weighted by atomic mass is 32.1. The second-order valence-corrected chi connectivity index (χ2v) is 19.1. The van der Waals surface area contributed by atoms with Crippen molar-refractivity contribution >= 4 is 35.0 Å². The largest absolute Gasteiger partial charge is 0.391 e. The summed E-state index contributed by atoms with van der Waals surface area (Å²) in [5.41, 5.74) is 7.61. The fourth-order valence-corrected chi connectivity index (χ4v) is 10.4. The first-order valence-corrected chi connectivity index (χ1v) is 22.3. The van der Waals surface area contributed by atoms with Gasteiger partial charge in [0.15, 0.2) is 0 Å². The third-order valence-electron chi connectivity index (χ3n) is 13.0. The Morgan fingerprint density at radius 3 is 2.12 bits per heavy atom. The summed E-state index contributed by atoms with van der Waals surface area (Å²) in [5.74, 6) is 0.369. The summed E-state index contributed by atoms with van der Waals surface area (Å²) in [4.78, 5) is 60.4. The third-order valence-corrected chi connectivity index (χ3v) is 13.9. The molecule has 0 spiro atoms. The summed E-state index contributed by atoms with van der Waals surface area (Å²) in [6, 6.07) is 16.0. The van der Waals surface area contributed by atoms with Crippen LogP contribution in [0.3, 0.4) is 0 Å². The van der Waals surface area contributed by atoms with E-state index in [1.165, 1.54) is 23.3 Å². The minimum absolute atomic E-state index is 0.0476. The first kappa shape index (κ1) is 41.0. The van der Waals surface area contributed by atoms with Crippen LogP contribution in [0.15, 0.2) is 66.4 Å². The molecule has 59 heavy (non-hydrogen) atoms. The number of carbonyl (C=O) groups is 3. The fourth-order valence-electron chi connectivity index (χ4n) is 9.54. The minimum atomic E-state index is -0.839. The van der Waals surface area contributed by atoms with Crippen LogP contribution in [-0.4, -0.2) is 92.6 Å². The van der Waals surface area contributed by atoms with Crippen LogP contribution in [0.2, 0.25) is 0 Å². The average molecular weight is 819 g/mol. The summed E-state index contributed by atoms with van der Waals surface area (Å²) in [7, 11) is 0. The van der Waals surface area contributed by atoms with Gasteiger partial charge in [-0.3, -0.25) is 14.4 Å². The molecule has 13 heteroatoms. The summed E-state index contributed by atoms with van der Waals surface area (Å²) >= 11 is 1.59. The van der Waals surface area contributed by atoms with Gasteiger partial charge in [-0.2, -0.15) is 0 Å². The maximum Gasteiger partial charge on any atom is 0.246 e. The molecule has 4 fully saturated rings. The van der Waals surface area contributed by atoms with E-state index in [0.29, 0.717) is 24.5 Å². The zero-order valence-corrected chi connectivity index (χ0v) is 35.5. The van der Waals surface area contributed by atoms with Crippen molar-refractivity contribution in [2.24, 2.45) is 17.3 Å². The van der Waals surface area contributed by atoms with Crippen LogP contribution in [0.1, 0.15) is 82.5 Å². The molecule has 3 aliphatic heterocycles. The van der Waals surface area contributed by atoms with Gasteiger partial charge in [-0.25, -0.2) is 15.0 Å². The Kier molecular flexibility index (Phi) is 12.2. The molecule has 4 aliphatic rings. The molecule has 8 rings (SSSR count). The van der Waals surface area contributed by atoms with Gasteiger partial charge in [-0.15, -0.1) is 11.3 Å². The molecule has 2 aromatic heterocycles. The lowest BCUT2D eigenvalue weighted by atomic mass is 9.78. The minimum Gasteiger partial charge on any atom is -0.391 e. The number of nitrogens with zero attached hydrogens (tertiary/aromatic N) is 5. The lowest BCUT2D eigenvalue weighted by Gasteiger charge is -2.37. The molecule has 2 aromatic carbocycles. The molecule has 2 unspecified atom stereocenters. The van der Waals surface area contributed by atoms with Crippen LogP contribution in [0, 0.1) is 24.2 Å². The van der Waals surface area contributed by atoms with Crippen LogP contribution < -0.4 is 20.9 Å². The van der Waals surface area contributed by atoms with Gasteiger partial charge in [0.2, 0.25) is 23.7 Å². The zero-order valence-electron chi connectivity index (χ0n) is 34.7. The maximum absolute atomic E-state index is 14.2. The van der Waals surface area contributed by atoms with Crippen LogP contribution in [0.4, 0.5) is 5.95 Å². The van der Waals surface area contributed by atoms with Gasteiger partial charge in [0.05, 0.1) is 22.2 Å². The van der Waals surface area contributed by atoms with E-state index in [1.807, 2.05) is 69.9 Å². The van der Waals surface area contributed by atoms with Crippen molar-refractivity contribution < 1.29 is 19.5 Å². The lowest BCUT2D eigenvalue weighted by molar-refractivity contribution is -0.144. The van der Waals surface area contributed by atoms with E-state index in [-0.39, 0.29) is 36.6 Å². The number of β-amino-alcohol motifs (C(OH)–C–C–N with tert-alkyl or cyclic N) is 1. The number of aliphatic hydroxyl groups is 1. The van der Waals surface area contributed by atoms with Crippen molar-refractivity contribution in [3.63, 3.8) is 0 Å². The first-order chi connectivity index (χ1) is 28.4. The highest BCUT2D eigenvalue weighted by Gasteiger charge is 2.45. The second-order valence-electron chi connectivity index (χ2n) is 18.2. The molecular formula is C46H58N8O4S. The van der Waals surface area contributed by atoms with Gasteiger partial charge < -0.3 is 30.9 Å². The number of hydrogen-bond acceptors (Lipinski definition) is 10. The topological polar surface area (TPSA) is 153 Å². The fraction of sp³-hybridized carbons (Fsp3) is 0.522. The molecule has 2 bridgehead atoms. The molecular weight excluding hydrogens is 761 g/mol. The Morgan fingerprint density at radius 1 is 0.847 bits per heavy atom. The number of rotatable bonds is 11. The quantitative estimate of drug-likeness (QED) is 0.150. The molecule has 312 valence electrons. The van der Waals surface area contributed by atoms with E-state index in [0.717, 1.165) is 84.0 Å². The van der Waals surface area contributed by atoms with Crippen LogP contribution in [0.5, 0.6) is 0 Å². The monoisotopic (exact) mass is 818 g/mol. The summed E-state index contributed by atoms with van der Waals surface area (Å²) in [6.45, 7) is 10.1. The molecule has 5 atom stereocenters. The molecule has 4 N–H and O–H groups in total. The van der Waals surface area contributed by atoms with Crippen molar-refractivity contribution in [3.05, 3.63) is 83.3 Å². The third kappa shape index (κ3) is 9.22. The molecule has 3 amide bonds. The summed E-state index contributed by atoms with van der Waals surface area (Å²) in [6.07, 6.45) is 9.95. The number of benzene rings is 2.